The summed E-state index contributed by atoms with van der Waals surface area (Å²) in [6, 6.07) is 7.80. The summed E-state index contributed by atoms with van der Waals surface area (Å²) in [5.41, 5.74) is 1.04. The van der Waals surface area contributed by atoms with E-state index in [0.717, 1.165) is 10.0 Å². The zero-order valence-electron chi connectivity index (χ0n) is 8.13. The average molecular weight is 257 g/mol. The van der Waals surface area contributed by atoms with E-state index in [0.29, 0.717) is 19.4 Å². The molecule has 1 aromatic rings. The summed E-state index contributed by atoms with van der Waals surface area (Å²) in [5, 5.41) is 0. The molecule has 0 spiro atoms. The smallest absolute Gasteiger partial charge is 0.139 e. The molecule has 0 saturated heterocycles. The fourth-order valence-electron chi connectivity index (χ4n) is 1.18. The van der Waals surface area contributed by atoms with Crippen molar-refractivity contribution in [2.24, 2.45) is 0 Å². The van der Waals surface area contributed by atoms with Gasteiger partial charge in [-0.25, -0.2) is 0 Å². The third-order valence-corrected chi connectivity index (χ3v) is 2.37. The second-order valence-corrected chi connectivity index (χ2v) is 4.00. The lowest BCUT2D eigenvalue weighted by Crippen LogP contribution is -2.05. The average Bonchev–Trinajstić information content (AvgIpc) is 2.15. The van der Waals surface area contributed by atoms with Crippen molar-refractivity contribution < 1.29 is 9.53 Å². The first-order valence-electron chi connectivity index (χ1n) is 4.47. The Hall–Kier alpha value is -0.670. The SMILES string of the molecule is COCCC(=O)Cc1cccc(Br)c1. The summed E-state index contributed by atoms with van der Waals surface area (Å²) in [4.78, 5) is 11.4. The number of methoxy groups -OCH3 is 1. The van der Waals surface area contributed by atoms with Gasteiger partial charge >= 0.3 is 0 Å². The Labute approximate surface area is 92.4 Å². The van der Waals surface area contributed by atoms with Crippen LogP contribution in [-0.2, 0) is 16.0 Å². The molecule has 3 heteroatoms. The maximum Gasteiger partial charge on any atom is 0.139 e. The lowest BCUT2D eigenvalue weighted by molar-refractivity contribution is -0.119. The molecule has 0 heterocycles. The highest BCUT2D eigenvalue weighted by Crippen LogP contribution is 2.12. The van der Waals surface area contributed by atoms with Gasteiger partial charge in [-0.3, -0.25) is 4.79 Å². The lowest BCUT2D eigenvalue weighted by Gasteiger charge is -2.01. The summed E-state index contributed by atoms with van der Waals surface area (Å²) in [5.74, 6) is 0.213. The maximum absolute atomic E-state index is 11.4. The van der Waals surface area contributed by atoms with Crippen LogP contribution < -0.4 is 0 Å². The van der Waals surface area contributed by atoms with E-state index in [1.165, 1.54) is 0 Å². The Morgan fingerprint density at radius 2 is 2.29 bits per heavy atom. The van der Waals surface area contributed by atoms with Crippen LogP contribution in [0.4, 0.5) is 0 Å². The minimum Gasteiger partial charge on any atom is -0.384 e. The van der Waals surface area contributed by atoms with E-state index in [9.17, 15) is 4.79 Å². The van der Waals surface area contributed by atoms with Gasteiger partial charge in [-0.1, -0.05) is 28.1 Å². The number of benzene rings is 1. The van der Waals surface area contributed by atoms with E-state index in [-0.39, 0.29) is 5.78 Å². The maximum atomic E-state index is 11.4. The van der Waals surface area contributed by atoms with Crippen molar-refractivity contribution in [3.63, 3.8) is 0 Å². The number of carbonyl (C=O) groups excluding carboxylic acids is 1. The van der Waals surface area contributed by atoms with E-state index >= 15 is 0 Å². The molecule has 0 aromatic heterocycles. The molecule has 0 bridgehead atoms. The van der Waals surface area contributed by atoms with E-state index in [1.807, 2.05) is 24.3 Å². The molecule has 0 amide bonds. The van der Waals surface area contributed by atoms with E-state index in [2.05, 4.69) is 15.9 Å². The molecule has 0 aliphatic carbocycles. The Morgan fingerprint density at radius 1 is 1.50 bits per heavy atom. The lowest BCUT2D eigenvalue weighted by atomic mass is 10.1. The summed E-state index contributed by atoms with van der Waals surface area (Å²) in [6.45, 7) is 0.507. The Bertz CT molecular complexity index is 310. The molecular formula is C11H13BrO2. The number of ketones is 1. The summed E-state index contributed by atoms with van der Waals surface area (Å²) in [7, 11) is 1.60. The van der Waals surface area contributed by atoms with Crippen LogP contribution >= 0.6 is 15.9 Å². The summed E-state index contributed by atoms with van der Waals surface area (Å²) in [6.07, 6.45) is 0.978. The number of Topliss-reactive ketones (excluding diaryl/α,β-unsaturated/α-hetero) is 1. The topological polar surface area (TPSA) is 26.3 Å². The summed E-state index contributed by atoms with van der Waals surface area (Å²) < 4.78 is 5.85. The van der Waals surface area contributed by atoms with Crippen molar-refractivity contribution in [1.29, 1.82) is 0 Å². The number of halogens is 1. The standard InChI is InChI=1S/C11H13BrO2/c1-14-6-5-11(13)8-9-3-2-4-10(12)7-9/h2-4,7H,5-6,8H2,1H3. The largest absolute Gasteiger partial charge is 0.384 e. The number of hydrogen-bond donors (Lipinski definition) is 0. The fraction of sp³-hybridized carbons (Fsp3) is 0.364. The molecule has 0 fully saturated rings. The summed E-state index contributed by atoms with van der Waals surface area (Å²) >= 11 is 3.37. The van der Waals surface area contributed by atoms with Crippen molar-refractivity contribution in [2.75, 3.05) is 13.7 Å². The zero-order chi connectivity index (χ0) is 10.4. The van der Waals surface area contributed by atoms with Crippen molar-refractivity contribution in [3.05, 3.63) is 34.3 Å². The van der Waals surface area contributed by atoms with Crippen LogP contribution in [0.3, 0.4) is 0 Å². The van der Waals surface area contributed by atoms with E-state index < -0.39 is 0 Å². The van der Waals surface area contributed by atoms with Crippen LogP contribution in [0, 0.1) is 0 Å². The van der Waals surface area contributed by atoms with Gasteiger partial charge in [0, 0.05) is 24.4 Å². The molecule has 0 radical (unpaired) electrons. The molecule has 0 atom stereocenters. The molecule has 0 aliphatic heterocycles. The van der Waals surface area contributed by atoms with Crippen LogP contribution in [0.15, 0.2) is 28.7 Å². The highest BCUT2D eigenvalue weighted by atomic mass is 79.9. The number of hydrogen-bond acceptors (Lipinski definition) is 2. The molecule has 0 saturated carbocycles. The Balaban J connectivity index is 2.47. The molecule has 14 heavy (non-hydrogen) atoms. The minimum atomic E-state index is 0.213. The first-order chi connectivity index (χ1) is 6.72. The second-order valence-electron chi connectivity index (χ2n) is 3.09. The number of ether oxygens (including phenoxy) is 1. The predicted octanol–water partition coefficient (Wildman–Crippen LogP) is 2.60. The van der Waals surface area contributed by atoms with Crippen molar-refractivity contribution >= 4 is 21.7 Å². The molecule has 0 unspecified atom stereocenters. The van der Waals surface area contributed by atoms with E-state index in [4.69, 9.17) is 4.74 Å². The minimum absolute atomic E-state index is 0.213. The van der Waals surface area contributed by atoms with Crippen LogP contribution in [-0.4, -0.2) is 19.5 Å². The zero-order valence-corrected chi connectivity index (χ0v) is 9.71. The highest BCUT2D eigenvalue weighted by molar-refractivity contribution is 9.10. The van der Waals surface area contributed by atoms with Gasteiger partial charge < -0.3 is 4.74 Å². The number of rotatable bonds is 5. The van der Waals surface area contributed by atoms with Crippen molar-refractivity contribution in [2.45, 2.75) is 12.8 Å². The van der Waals surface area contributed by atoms with Crippen LogP contribution in [0.2, 0.25) is 0 Å². The van der Waals surface area contributed by atoms with Crippen LogP contribution in [0.5, 0.6) is 0 Å². The van der Waals surface area contributed by atoms with Gasteiger partial charge in [-0.2, -0.15) is 0 Å². The predicted molar refractivity (Wildman–Crippen MR) is 59.3 cm³/mol. The monoisotopic (exact) mass is 256 g/mol. The second kappa shape index (κ2) is 5.94. The first-order valence-corrected chi connectivity index (χ1v) is 5.27. The van der Waals surface area contributed by atoms with Crippen molar-refractivity contribution in [1.82, 2.24) is 0 Å². The first kappa shape index (κ1) is 11.4. The third kappa shape index (κ3) is 4.03. The fourth-order valence-corrected chi connectivity index (χ4v) is 1.63. The van der Waals surface area contributed by atoms with Gasteiger partial charge in [0.2, 0.25) is 0 Å². The highest BCUT2D eigenvalue weighted by Gasteiger charge is 2.03. The van der Waals surface area contributed by atoms with Gasteiger partial charge in [0.25, 0.3) is 0 Å². The molecule has 76 valence electrons. The molecule has 1 aromatic carbocycles. The molecule has 2 nitrogen and oxygen atoms in total. The Morgan fingerprint density at radius 3 is 2.93 bits per heavy atom. The molecule has 0 N–H and O–H groups in total. The molecular weight excluding hydrogens is 244 g/mol. The van der Waals surface area contributed by atoms with Gasteiger partial charge in [0.05, 0.1) is 6.61 Å². The van der Waals surface area contributed by atoms with E-state index in [1.54, 1.807) is 7.11 Å². The van der Waals surface area contributed by atoms with Gasteiger partial charge in [-0.05, 0) is 17.7 Å². The van der Waals surface area contributed by atoms with Crippen molar-refractivity contribution in [3.8, 4) is 0 Å². The quantitative estimate of drug-likeness (QED) is 0.810. The molecule has 0 aliphatic rings. The van der Waals surface area contributed by atoms with Gasteiger partial charge in [0.15, 0.2) is 0 Å². The van der Waals surface area contributed by atoms with Crippen LogP contribution in [0.1, 0.15) is 12.0 Å². The third-order valence-electron chi connectivity index (χ3n) is 1.88. The van der Waals surface area contributed by atoms with Gasteiger partial charge in [0.1, 0.15) is 5.78 Å². The normalized spacial score (nSPS) is 10.1. The Kier molecular flexibility index (Phi) is 4.84. The van der Waals surface area contributed by atoms with Crippen LogP contribution in [0.25, 0.3) is 0 Å². The number of carbonyl (C=O) groups is 1. The van der Waals surface area contributed by atoms with Gasteiger partial charge in [-0.15, -0.1) is 0 Å². The molecule has 1 rings (SSSR count).